The predicted octanol–water partition coefficient (Wildman–Crippen LogP) is 1.62. The summed E-state index contributed by atoms with van der Waals surface area (Å²) in [5, 5.41) is 0. The molecule has 0 aromatic rings. The Labute approximate surface area is 99.3 Å². The zero-order valence-corrected chi connectivity index (χ0v) is 10.6. The Kier molecular flexibility index (Phi) is 4.22. The monoisotopic (exact) mass is 226 g/mol. The Morgan fingerprint density at radius 2 is 2.19 bits per heavy atom. The first-order chi connectivity index (χ1) is 7.77. The predicted molar refractivity (Wildman–Crippen MR) is 66.4 cm³/mol. The molecule has 0 bridgehead atoms. The molecule has 16 heavy (non-hydrogen) atoms. The Balaban J connectivity index is 2.01. The highest BCUT2D eigenvalue weighted by Crippen LogP contribution is 2.29. The van der Waals surface area contributed by atoms with Crippen LogP contribution in [0.5, 0.6) is 0 Å². The van der Waals surface area contributed by atoms with Gasteiger partial charge in [0.25, 0.3) is 0 Å². The van der Waals surface area contributed by atoms with E-state index >= 15 is 0 Å². The summed E-state index contributed by atoms with van der Waals surface area (Å²) in [4.78, 5) is 2.62. The third kappa shape index (κ3) is 2.58. The minimum Gasteiger partial charge on any atom is -0.379 e. The van der Waals surface area contributed by atoms with Crippen molar-refractivity contribution >= 4 is 0 Å². The summed E-state index contributed by atoms with van der Waals surface area (Å²) in [7, 11) is 0. The van der Waals surface area contributed by atoms with E-state index in [1.54, 1.807) is 0 Å². The highest BCUT2D eigenvalue weighted by Gasteiger charge is 2.37. The van der Waals surface area contributed by atoms with E-state index in [0.717, 1.165) is 25.7 Å². The lowest BCUT2D eigenvalue weighted by Gasteiger charge is -2.45. The molecule has 0 radical (unpaired) electrons. The first-order valence-electron chi connectivity index (χ1n) is 6.80. The molecule has 2 N–H and O–H groups in total. The van der Waals surface area contributed by atoms with Gasteiger partial charge in [0, 0.05) is 13.2 Å². The van der Waals surface area contributed by atoms with Gasteiger partial charge in [0.15, 0.2) is 0 Å². The lowest BCUT2D eigenvalue weighted by molar-refractivity contribution is -0.0440. The van der Waals surface area contributed by atoms with Crippen LogP contribution in [0.25, 0.3) is 0 Å². The largest absolute Gasteiger partial charge is 0.379 e. The van der Waals surface area contributed by atoms with E-state index in [4.69, 9.17) is 10.5 Å². The van der Waals surface area contributed by atoms with Gasteiger partial charge in [-0.1, -0.05) is 6.92 Å². The molecular weight excluding hydrogens is 200 g/mol. The molecule has 2 fully saturated rings. The van der Waals surface area contributed by atoms with Crippen LogP contribution in [0.2, 0.25) is 0 Å². The van der Waals surface area contributed by atoms with E-state index in [9.17, 15) is 0 Å². The Morgan fingerprint density at radius 3 is 2.88 bits per heavy atom. The quantitative estimate of drug-likeness (QED) is 0.777. The van der Waals surface area contributed by atoms with Crippen LogP contribution in [0.15, 0.2) is 0 Å². The first-order valence-corrected chi connectivity index (χ1v) is 6.80. The average molecular weight is 226 g/mol. The van der Waals surface area contributed by atoms with Gasteiger partial charge in [0.2, 0.25) is 0 Å². The van der Waals surface area contributed by atoms with Gasteiger partial charge in [-0.3, -0.25) is 4.90 Å². The maximum absolute atomic E-state index is 6.03. The van der Waals surface area contributed by atoms with Crippen LogP contribution < -0.4 is 5.73 Å². The van der Waals surface area contributed by atoms with Gasteiger partial charge >= 0.3 is 0 Å². The number of likely N-dealkylation sites (tertiary alicyclic amines) is 1. The summed E-state index contributed by atoms with van der Waals surface area (Å²) in [6, 6.07) is 0. The van der Waals surface area contributed by atoms with Crippen molar-refractivity contribution in [2.24, 2.45) is 11.7 Å². The van der Waals surface area contributed by atoms with Gasteiger partial charge in [-0.2, -0.15) is 0 Å². The van der Waals surface area contributed by atoms with Crippen molar-refractivity contribution in [3.63, 3.8) is 0 Å². The number of hydrogen-bond acceptors (Lipinski definition) is 3. The minimum atomic E-state index is 0.155. The molecule has 0 saturated carbocycles. The third-order valence-corrected chi connectivity index (χ3v) is 4.37. The molecule has 0 spiro atoms. The van der Waals surface area contributed by atoms with E-state index in [-0.39, 0.29) is 5.54 Å². The molecule has 0 amide bonds. The van der Waals surface area contributed by atoms with Crippen LogP contribution in [0, 0.1) is 5.92 Å². The molecule has 0 aromatic heterocycles. The van der Waals surface area contributed by atoms with Crippen LogP contribution in [-0.2, 0) is 4.74 Å². The molecule has 2 saturated heterocycles. The molecule has 2 atom stereocenters. The van der Waals surface area contributed by atoms with E-state index in [1.807, 2.05) is 0 Å². The van der Waals surface area contributed by atoms with Crippen molar-refractivity contribution in [2.45, 2.75) is 44.6 Å². The molecule has 2 aliphatic rings. The summed E-state index contributed by atoms with van der Waals surface area (Å²) < 4.78 is 5.68. The Bertz CT molecular complexity index is 214. The molecule has 0 aromatic carbocycles. The number of nitrogens with zero attached hydrogens (tertiary/aromatic N) is 1. The van der Waals surface area contributed by atoms with Crippen molar-refractivity contribution in [3.05, 3.63) is 0 Å². The second-order valence-corrected chi connectivity index (χ2v) is 5.61. The van der Waals surface area contributed by atoms with Crippen LogP contribution in [0.4, 0.5) is 0 Å². The fourth-order valence-corrected chi connectivity index (χ4v) is 3.11. The number of nitrogens with two attached hydrogens (primary N) is 1. The van der Waals surface area contributed by atoms with E-state index in [1.165, 1.54) is 45.2 Å². The second kappa shape index (κ2) is 5.48. The van der Waals surface area contributed by atoms with Crippen molar-refractivity contribution in [3.8, 4) is 0 Å². The molecular formula is C13H26N2O. The van der Waals surface area contributed by atoms with Gasteiger partial charge < -0.3 is 10.5 Å². The van der Waals surface area contributed by atoms with Gasteiger partial charge in [0.05, 0.1) is 12.1 Å². The number of ether oxygens (including phenoxy) is 1. The third-order valence-electron chi connectivity index (χ3n) is 4.37. The van der Waals surface area contributed by atoms with Gasteiger partial charge in [-0.25, -0.2) is 0 Å². The summed E-state index contributed by atoms with van der Waals surface area (Å²) in [5.41, 5.74) is 6.19. The first kappa shape index (κ1) is 12.3. The molecule has 3 nitrogen and oxygen atoms in total. The molecule has 0 aliphatic carbocycles. The van der Waals surface area contributed by atoms with E-state index in [0.29, 0.717) is 0 Å². The molecule has 94 valence electrons. The van der Waals surface area contributed by atoms with Gasteiger partial charge in [0.1, 0.15) is 0 Å². The summed E-state index contributed by atoms with van der Waals surface area (Å²) >= 11 is 0. The van der Waals surface area contributed by atoms with Crippen molar-refractivity contribution in [1.82, 2.24) is 4.90 Å². The summed E-state index contributed by atoms with van der Waals surface area (Å²) in [6.07, 6.45) is 6.41. The molecule has 2 unspecified atom stereocenters. The second-order valence-electron chi connectivity index (χ2n) is 5.61. The molecule has 2 aliphatic heterocycles. The zero-order valence-electron chi connectivity index (χ0n) is 10.6. The van der Waals surface area contributed by atoms with Crippen LogP contribution >= 0.6 is 0 Å². The average Bonchev–Trinajstić information content (AvgIpc) is 2.55. The van der Waals surface area contributed by atoms with Gasteiger partial charge in [-0.05, 0) is 51.1 Å². The van der Waals surface area contributed by atoms with E-state index < -0.39 is 0 Å². The van der Waals surface area contributed by atoms with Crippen LogP contribution in [-0.4, -0.2) is 43.3 Å². The van der Waals surface area contributed by atoms with E-state index in [2.05, 4.69) is 11.8 Å². The highest BCUT2D eigenvalue weighted by molar-refractivity contribution is 4.94. The maximum Gasteiger partial charge on any atom is 0.0662 e. The summed E-state index contributed by atoms with van der Waals surface area (Å²) in [6.45, 7) is 7.31. The minimum absolute atomic E-state index is 0.155. The van der Waals surface area contributed by atoms with Crippen LogP contribution in [0.1, 0.15) is 39.0 Å². The Hall–Kier alpha value is -0.120. The van der Waals surface area contributed by atoms with Gasteiger partial charge in [-0.15, -0.1) is 0 Å². The fraction of sp³-hybridized carbons (Fsp3) is 1.00. The smallest absolute Gasteiger partial charge is 0.0662 e. The molecule has 2 heterocycles. The van der Waals surface area contributed by atoms with Crippen LogP contribution in [0.3, 0.4) is 0 Å². The molecule has 3 heteroatoms. The zero-order chi connectivity index (χ0) is 11.4. The number of hydrogen-bond donors (Lipinski definition) is 1. The maximum atomic E-state index is 6.03. The number of rotatable bonds is 2. The summed E-state index contributed by atoms with van der Waals surface area (Å²) in [5.74, 6) is 0.879. The SMILES string of the molecule is CC1CCCN(C2(CN)CCCOC2)CC1. The topological polar surface area (TPSA) is 38.5 Å². The Morgan fingerprint density at radius 1 is 1.31 bits per heavy atom. The van der Waals surface area contributed by atoms with Crippen molar-refractivity contribution in [2.75, 3.05) is 32.8 Å². The lowest BCUT2D eigenvalue weighted by Crippen LogP contribution is -2.59. The molecule has 2 rings (SSSR count). The highest BCUT2D eigenvalue weighted by atomic mass is 16.5. The van der Waals surface area contributed by atoms with Crippen molar-refractivity contribution < 1.29 is 4.74 Å². The fourth-order valence-electron chi connectivity index (χ4n) is 3.11. The van der Waals surface area contributed by atoms with Crippen molar-refractivity contribution in [1.29, 1.82) is 0 Å². The normalized spacial score (nSPS) is 38.2. The lowest BCUT2D eigenvalue weighted by atomic mass is 9.90. The standard InChI is InChI=1S/C13H26N2O/c1-12-4-2-7-15(8-5-12)13(10-14)6-3-9-16-11-13/h12H,2-11,14H2,1H3.